The molecule has 0 aliphatic carbocycles. The number of amides is 7. The van der Waals surface area contributed by atoms with Gasteiger partial charge in [0.1, 0.15) is 12.1 Å². The first-order valence-electron chi connectivity index (χ1n) is 18.2. The number of thioether (sulfide) groups is 1. The normalized spacial score (nSPS) is 14.0. The molecule has 0 radical (unpaired) electrons. The molecule has 3 aromatic rings. The van der Waals surface area contributed by atoms with Gasteiger partial charge in [-0.2, -0.15) is 11.8 Å². The topological polar surface area (TPSA) is 200 Å². The van der Waals surface area contributed by atoms with Gasteiger partial charge in [0, 0.05) is 43.2 Å². The second-order valence-electron chi connectivity index (χ2n) is 13.1. The molecule has 2 aliphatic heterocycles. The lowest BCUT2D eigenvalue weighted by molar-refractivity contribution is -0.199. The van der Waals surface area contributed by atoms with Crippen LogP contribution in [0.15, 0.2) is 78.9 Å². The number of para-hydroxylation sites is 1. The van der Waals surface area contributed by atoms with E-state index in [0.717, 1.165) is 11.1 Å². The largest absolute Gasteiger partial charge is 0.355 e. The van der Waals surface area contributed by atoms with Crippen LogP contribution in [0, 0.1) is 11.8 Å². The number of imide groups is 1. The van der Waals surface area contributed by atoms with E-state index < -0.39 is 66.6 Å². The van der Waals surface area contributed by atoms with Gasteiger partial charge in [-0.3, -0.25) is 33.6 Å². The van der Waals surface area contributed by atoms with Crippen molar-refractivity contribution < 1.29 is 43.2 Å². The molecule has 1 saturated heterocycles. The number of nitrogens with zero attached hydrogens (tertiary/aromatic N) is 2. The SMILES string of the molecule is CSCC[C@H](NC(=O)[C@H](Cc1ccccc1)NC(=O)CNC(=O)CNC(=O)CCC(=O)N1Cc2ccccc2C#Cc2ccccc21)C(=O)ON1C(=O)CCC1=O. The van der Waals surface area contributed by atoms with Gasteiger partial charge in [-0.1, -0.05) is 72.5 Å². The molecule has 2 heterocycles. The number of hydrogen-bond acceptors (Lipinski definition) is 10. The number of rotatable bonds is 17. The summed E-state index contributed by atoms with van der Waals surface area (Å²) in [6.07, 6.45) is 1.43. The number of hydroxylamine groups is 2. The van der Waals surface area contributed by atoms with E-state index >= 15 is 0 Å². The van der Waals surface area contributed by atoms with Crippen molar-refractivity contribution >= 4 is 64.8 Å². The van der Waals surface area contributed by atoms with Crippen molar-refractivity contribution in [3.8, 4) is 11.8 Å². The number of hydrogen-bond donors (Lipinski definition) is 4. The van der Waals surface area contributed by atoms with Gasteiger partial charge in [-0.15, -0.1) is 5.06 Å². The Balaban J connectivity index is 1.11. The summed E-state index contributed by atoms with van der Waals surface area (Å²) in [6.45, 7) is -0.735. The van der Waals surface area contributed by atoms with Crippen LogP contribution in [0.3, 0.4) is 0 Å². The third-order valence-electron chi connectivity index (χ3n) is 8.96. The zero-order valence-electron chi connectivity index (χ0n) is 31.2. The van der Waals surface area contributed by atoms with E-state index in [1.807, 2.05) is 42.5 Å². The smallest absolute Gasteiger partial charge is 0.347 e. The van der Waals surface area contributed by atoms with E-state index in [4.69, 9.17) is 4.84 Å². The zero-order valence-corrected chi connectivity index (χ0v) is 32.0. The van der Waals surface area contributed by atoms with Gasteiger partial charge in [0.05, 0.1) is 25.3 Å². The minimum absolute atomic E-state index is 0.0253. The Bertz CT molecular complexity index is 2070. The lowest BCUT2D eigenvalue weighted by Gasteiger charge is -2.26. The number of fused-ring (bicyclic) bond motifs is 2. The summed E-state index contributed by atoms with van der Waals surface area (Å²) in [6, 6.07) is 21.2. The van der Waals surface area contributed by atoms with Crippen LogP contribution in [-0.2, 0) is 56.2 Å². The number of anilines is 1. The summed E-state index contributed by atoms with van der Waals surface area (Å²) in [5.74, 6) is 1.38. The molecule has 2 aliphatic rings. The molecular formula is C41H42N6O9S. The number of benzene rings is 3. The highest BCUT2D eigenvalue weighted by molar-refractivity contribution is 7.98. The molecule has 0 aromatic heterocycles. The molecule has 7 amide bonds. The average molecular weight is 795 g/mol. The molecule has 4 N–H and O–H groups in total. The van der Waals surface area contributed by atoms with Crippen LogP contribution in [0.2, 0.25) is 0 Å². The highest BCUT2D eigenvalue weighted by Crippen LogP contribution is 2.26. The minimum Gasteiger partial charge on any atom is -0.347 e. The van der Waals surface area contributed by atoms with Crippen molar-refractivity contribution in [2.45, 2.75) is 57.2 Å². The second kappa shape index (κ2) is 20.4. The molecule has 3 aromatic carbocycles. The summed E-state index contributed by atoms with van der Waals surface area (Å²) in [4.78, 5) is 109. The Morgan fingerprint density at radius 3 is 2.11 bits per heavy atom. The quantitative estimate of drug-likeness (QED) is 0.115. The van der Waals surface area contributed by atoms with Crippen molar-refractivity contribution in [2.24, 2.45) is 0 Å². The standard InChI is InChI=1S/C41H42N6O9S/c1-57-22-21-31(41(55)56-47-38(52)19-20-39(47)53)45-40(54)32(23-27-9-3-2-4-10-27)44-36(50)25-43-35(49)24-42-34(48)17-18-37(51)46-26-30-13-6-5-11-28(30)15-16-29-12-7-8-14-33(29)46/h2-14,31-32H,17-26H2,1H3,(H,42,48)(H,43,49)(H,44,50)(H,45,54)/t31-,32-/m0/s1. The van der Waals surface area contributed by atoms with Crippen molar-refractivity contribution in [1.29, 1.82) is 0 Å². The second-order valence-corrected chi connectivity index (χ2v) is 14.1. The summed E-state index contributed by atoms with van der Waals surface area (Å²) >= 11 is 1.40. The Morgan fingerprint density at radius 2 is 1.37 bits per heavy atom. The van der Waals surface area contributed by atoms with Gasteiger partial charge in [0.2, 0.25) is 29.5 Å². The molecule has 5 rings (SSSR count). The first kappa shape index (κ1) is 41.7. The minimum atomic E-state index is -1.24. The first-order valence-corrected chi connectivity index (χ1v) is 19.6. The summed E-state index contributed by atoms with van der Waals surface area (Å²) in [5.41, 5.74) is 3.69. The molecule has 16 heteroatoms. The van der Waals surface area contributed by atoms with Crippen molar-refractivity contribution in [3.63, 3.8) is 0 Å². The van der Waals surface area contributed by atoms with Crippen molar-refractivity contribution in [2.75, 3.05) is 30.0 Å². The fourth-order valence-electron chi connectivity index (χ4n) is 5.94. The van der Waals surface area contributed by atoms with Gasteiger partial charge in [0.25, 0.3) is 11.8 Å². The van der Waals surface area contributed by atoms with Gasteiger partial charge >= 0.3 is 5.97 Å². The molecule has 0 bridgehead atoms. The fourth-order valence-corrected chi connectivity index (χ4v) is 6.42. The molecule has 0 unspecified atom stereocenters. The van der Waals surface area contributed by atoms with Crippen LogP contribution in [0.4, 0.5) is 5.69 Å². The van der Waals surface area contributed by atoms with Gasteiger partial charge < -0.3 is 31.0 Å². The zero-order chi connectivity index (χ0) is 40.7. The molecule has 15 nitrogen and oxygen atoms in total. The summed E-state index contributed by atoms with van der Waals surface area (Å²) in [5, 5.41) is 10.4. The lowest BCUT2D eigenvalue weighted by atomic mass is 10.0. The van der Waals surface area contributed by atoms with Crippen LogP contribution in [0.25, 0.3) is 0 Å². The van der Waals surface area contributed by atoms with Gasteiger partial charge in [0.15, 0.2) is 0 Å². The maximum Gasteiger partial charge on any atom is 0.355 e. The molecule has 57 heavy (non-hydrogen) atoms. The third-order valence-corrected chi connectivity index (χ3v) is 9.61. The van der Waals surface area contributed by atoms with Crippen LogP contribution >= 0.6 is 11.8 Å². The van der Waals surface area contributed by atoms with Crippen molar-refractivity contribution in [3.05, 3.63) is 101 Å². The summed E-state index contributed by atoms with van der Waals surface area (Å²) in [7, 11) is 0. The average Bonchev–Trinajstić information content (AvgIpc) is 3.52. The summed E-state index contributed by atoms with van der Waals surface area (Å²) < 4.78 is 0. The fraction of sp³-hybridized carbons (Fsp3) is 0.317. The highest BCUT2D eigenvalue weighted by atomic mass is 32.2. The monoisotopic (exact) mass is 794 g/mol. The van der Waals surface area contributed by atoms with Crippen LogP contribution in [0.1, 0.15) is 54.4 Å². The molecule has 2 atom stereocenters. The Hall–Kier alpha value is -6.47. The maximum absolute atomic E-state index is 13.5. The Kier molecular flexibility index (Phi) is 15.0. The molecule has 0 spiro atoms. The molecule has 296 valence electrons. The van der Waals surface area contributed by atoms with Crippen molar-refractivity contribution in [1.82, 2.24) is 26.3 Å². The first-order chi connectivity index (χ1) is 27.5. The van der Waals surface area contributed by atoms with Crippen LogP contribution in [-0.4, -0.2) is 89.6 Å². The number of nitrogens with one attached hydrogen (secondary N) is 4. The Morgan fingerprint density at radius 1 is 0.737 bits per heavy atom. The Labute approximate surface area is 333 Å². The maximum atomic E-state index is 13.5. The number of carbonyl (C=O) groups excluding carboxylic acids is 8. The van der Waals surface area contributed by atoms with Gasteiger partial charge in [-0.25, -0.2) is 4.79 Å². The van der Waals surface area contributed by atoms with E-state index in [-0.39, 0.29) is 51.0 Å². The molecule has 1 fully saturated rings. The predicted octanol–water partition coefficient (Wildman–Crippen LogP) is 1.52. The van der Waals surface area contributed by atoms with Crippen LogP contribution in [0.5, 0.6) is 0 Å². The highest BCUT2D eigenvalue weighted by Gasteiger charge is 2.36. The molecular weight excluding hydrogens is 753 g/mol. The lowest BCUT2D eigenvalue weighted by Crippen LogP contribution is -2.55. The van der Waals surface area contributed by atoms with Gasteiger partial charge in [-0.05, 0) is 47.8 Å². The third kappa shape index (κ3) is 12.0. The number of carbonyl (C=O) groups is 8. The molecule has 0 saturated carbocycles. The van der Waals surface area contributed by atoms with E-state index in [2.05, 4.69) is 33.1 Å². The van der Waals surface area contributed by atoms with Crippen LogP contribution < -0.4 is 26.2 Å². The van der Waals surface area contributed by atoms with E-state index in [0.29, 0.717) is 27.6 Å². The van der Waals surface area contributed by atoms with E-state index in [9.17, 15) is 38.4 Å². The predicted molar refractivity (Wildman–Crippen MR) is 209 cm³/mol. The van der Waals surface area contributed by atoms with E-state index in [1.165, 1.54) is 11.8 Å². The van der Waals surface area contributed by atoms with E-state index in [1.54, 1.807) is 47.6 Å².